The van der Waals surface area contributed by atoms with Crippen LogP contribution in [0.25, 0.3) is 0 Å². The number of alkyl halides is 3. The van der Waals surface area contributed by atoms with Crippen molar-refractivity contribution in [1.82, 2.24) is 10.4 Å². The average molecular weight is 342 g/mol. The van der Waals surface area contributed by atoms with E-state index in [1.807, 2.05) is 0 Å². The van der Waals surface area contributed by atoms with Gasteiger partial charge in [-0.05, 0) is 29.3 Å². The molecular formula is C15H13F3N2O2S. The van der Waals surface area contributed by atoms with Crippen LogP contribution in [0.15, 0.2) is 30.3 Å². The van der Waals surface area contributed by atoms with Crippen LogP contribution < -0.4 is 5.48 Å². The second-order valence-electron chi connectivity index (χ2n) is 5.34. The molecule has 1 amide bonds. The molecule has 0 fully saturated rings. The number of halogens is 3. The van der Waals surface area contributed by atoms with Gasteiger partial charge in [0.2, 0.25) is 0 Å². The SMILES string of the molecule is O=C(NO)c1cc2c(s1)CN(Cc1ccc(C(F)(F)F)cc1)C2. The number of hydrogen-bond acceptors (Lipinski definition) is 4. The lowest BCUT2D eigenvalue weighted by atomic mass is 10.1. The largest absolute Gasteiger partial charge is 0.416 e. The highest BCUT2D eigenvalue weighted by Gasteiger charge is 2.30. The Morgan fingerprint density at radius 2 is 1.96 bits per heavy atom. The van der Waals surface area contributed by atoms with Crippen molar-refractivity contribution in [3.8, 4) is 0 Å². The number of benzene rings is 1. The van der Waals surface area contributed by atoms with E-state index in [0.29, 0.717) is 24.5 Å². The summed E-state index contributed by atoms with van der Waals surface area (Å²) in [6, 6.07) is 6.88. The summed E-state index contributed by atoms with van der Waals surface area (Å²) in [5, 5.41) is 8.62. The quantitative estimate of drug-likeness (QED) is 0.664. The zero-order valence-electron chi connectivity index (χ0n) is 11.9. The van der Waals surface area contributed by atoms with Crippen LogP contribution in [0.3, 0.4) is 0 Å². The summed E-state index contributed by atoms with van der Waals surface area (Å²) in [6.45, 7) is 1.81. The fourth-order valence-electron chi connectivity index (χ4n) is 2.57. The average Bonchev–Trinajstić information content (AvgIpc) is 3.04. The van der Waals surface area contributed by atoms with Crippen molar-refractivity contribution < 1.29 is 23.2 Å². The van der Waals surface area contributed by atoms with Gasteiger partial charge in [-0.15, -0.1) is 11.3 Å². The number of carbonyl (C=O) groups is 1. The molecule has 0 unspecified atom stereocenters. The minimum Gasteiger partial charge on any atom is -0.290 e. The van der Waals surface area contributed by atoms with E-state index in [4.69, 9.17) is 5.21 Å². The number of fused-ring (bicyclic) bond motifs is 1. The Bertz CT molecular complexity index is 702. The Balaban J connectivity index is 1.64. The van der Waals surface area contributed by atoms with Crippen molar-refractivity contribution in [1.29, 1.82) is 0 Å². The minimum atomic E-state index is -4.32. The number of nitrogens with zero attached hydrogens (tertiary/aromatic N) is 1. The molecule has 0 saturated carbocycles. The van der Waals surface area contributed by atoms with Gasteiger partial charge in [-0.1, -0.05) is 12.1 Å². The Hall–Kier alpha value is -1.90. The van der Waals surface area contributed by atoms with E-state index in [1.165, 1.54) is 23.5 Å². The van der Waals surface area contributed by atoms with Gasteiger partial charge in [0.05, 0.1) is 10.4 Å². The summed E-state index contributed by atoms with van der Waals surface area (Å²) < 4.78 is 37.6. The van der Waals surface area contributed by atoms with Gasteiger partial charge in [-0.25, -0.2) is 5.48 Å². The summed E-state index contributed by atoms with van der Waals surface area (Å²) in [4.78, 5) is 14.9. The van der Waals surface area contributed by atoms with Gasteiger partial charge >= 0.3 is 6.18 Å². The topological polar surface area (TPSA) is 52.6 Å². The third kappa shape index (κ3) is 3.39. The maximum absolute atomic E-state index is 12.5. The first-order valence-corrected chi connectivity index (χ1v) is 7.63. The molecule has 2 heterocycles. The van der Waals surface area contributed by atoms with Crippen molar-refractivity contribution in [3.63, 3.8) is 0 Å². The van der Waals surface area contributed by atoms with Gasteiger partial charge in [0.15, 0.2) is 0 Å². The molecule has 0 atom stereocenters. The van der Waals surface area contributed by atoms with E-state index in [0.717, 1.165) is 28.1 Å². The molecule has 0 saturated heterocycles. The van der Waals surface area contributed by atoms with E-state index >= 15 is 0 Å². The molecule has 0 aliphatic carbocycles. The summed E-state index contributed by atoms with van der Waals surface area (Å²) in [7, 11) is 0. The van der Waals surface area contributed by atoms with Gasteiger partial charge in [-0.2, -0.15) is 13.2 Å². The predicted octanol–water partition coefficient (Wildman–Crippen LogP) is 3.40. The maximum Gasteiger partial charge on any atom is 0.416 e. The predicted molar refractivity (Wildman–Crippen MR) is 78.0 cm³/mol. The molecule has 122 valence electrons. The molecule has 0 spiro atoms. The van der Waals surface area contributed by atoms with Crippen LogP contribution >= 0.6 is 11.3 Å². The monoisotopic (exact) mass is 342 g/mol. The van der Waals surface area contributed by atoms with E-state index in [2.05, 4.69) is 4.90 Å². The number of hydrogen-bond donors (Lipinski definition) is 2. The van der Waals surface area contributed by atoms with Crippen molar-refractivity contribution in [3.05, 3.63) is 56.8 Å². The molecule has 0 bridgehead atoms. The first kappa shape index (κ1) is 16.0. The molecular weight excluding hydrogens is 329 g/mol. The van der Waals surface area contributed by atoms with E-state index in [1.54, 1.807) is 11.5 Å². The van der Waals surface area contributed by atoms with Crippen LogP contribution in [0.5, 0.6) is 0 Å². The smallest absolute Gasteiger partial charge is 0.290 e. The maximum atomic E-state index is 12.5. The Morgan fingerprint density at radius 1 is 1.26 bits per heavy atom. The first-order chi connectivity index (χ1) is 10.9. The summed E-state index contributed by atoms with van der Waals surface area (Å²) in [6.07, 6.45) is -4.32. The molecule has 1 aromatic carbocycles. The standard InChI is InChI=1S/C15H13F3N2O2S/c16-15(17,18)11-3-1-9(2-4-11)6-20-7-10-5-12(14(21)19-22)23-13(10)8-20/h1-5,22H,6-8H2,(H,19,21). The fraction of sp³-hybridized carbons (Fsp3) is 0.267. The number of hydroxylamine groups is 1. The molecule has 0 radical (unpaired) electrons. The van der Waals surface area contributed by atoms with Crippen molar-refractivity contribution in [2.45, 2.75) is 25.8 Å². The Kier molecular flexibility index (Phi) is 4.13. The highest BCUT2D eigenvalue weighted by molar-refractivity contribution is 7.14. The van der Waals surface area contributed by atoms with Gasteiger partial charge in [0, 0.05) is 24.5 Å². The van der Waals surface area contributed by atoms with Gasteiger partial charge in [-0.3, -0.25) is 14.9 Å². The van der Waals surface area contributed by atoms with Crippen LogP contribution in [-0.4, -0.2) is 16.0 Å². The van der Waals surface area contributed by atoms with Crippen LogP contribution in [0, 0.1) is 0 Å². The third-order valence-electron chi connectivity index (χ3n) is 3.67. The van der Waals surface area contributed by atoms with Gasteiger partial charge in [0.25, 0.3) is 5.91 Å². The van der Waals surface area contributed by atoms with Crippen LogP contribution in [0.4, 0.5) is 13.2 Å². The number of amides is 1. The molecule has 2 N–H and O–H groups in total. The number of nitrogens with one attached hydrogen (secondary N) is 1. The lowest BCUT2D eigenvalue weighted by molar-refractivity contribution is -0.137. The molecule has 8 heteroatoms. The van der Waals surface area contributed by atoms with E-state index in [9.17, 15) is 18.0 Å². The molecule has 3 rings (SSSR count). The summed E-state index contributed by atoms with van der Waals surface area (Å²) in [5.74, 6) is -0.529. The number of rotatable bonds is 3. The summed E-state index contributed by atoms with van der Waals surface area (Å²) in [5.41, 5.74) is 2.77. The van der Waals surface area contributed by atoms with Crippen LogP contribution in [0.2, 0.25) is 0 Å². The van der Waals surface area contributed by atoms with E-state index in [-0.39, 0.29) is 0 Å². The van der Waals surface area contributed by atoms with Gasteiger partial charge < -0.3 is 0 Å². The minimum absolute atomic E-state index is 0.451. The van der Waals surface area contributed by atoms with Crippen molar-refractivity contribution in [2.75, 3.05) is 0 Å². The first-order valence-electron chi connectivity index (χ1n) is 6.81. The Labute approximate surface area is 134 Å². The second kappa shape index (κ2) is 5.95. The normalized spacial score (nSPS) is 14.8. The Morgan fingerprint density at radius 3 is 2.52 bits per heavy atom. The van der Waals surface area contributed by atoms with Crippen molar-refractivity contribution >= 4 is 17.2 Å². The molecule has 4 nitrogen and oxygen atoms in total. The molecule has 2 aromatic rings. The van der Waals surface area contributed by atoms with Crippen molar-refractivity contribution in [2.24, 2.45) is 0 Å². The molecule has 1 aromatic heterocycles. The number of thiophene rings is 1. The number of carbonyl (C=O) groups excluding carboxylic acids is 1. The second-order valence-corrected chi connectivity index (χ2v) is 6.48. The third-order valence-corrected chi connectivity index (χ3v) is 4.83. The zero-order chi connectivity index (χ0) is 16.6. The lowest BCUT2D eigenvalue weighted by Crippen LogP contribution is -2.18. The van der Waals surface area contributed by atoms with Gasteiger partial charge in [0.1, 0.15) is 0 Å². The molecule has 23 heavy (non-hydrogen) atoms. The summed E-state index contributed by atoms with van der Waals surface area (Å²) >= 11 is 1.31. The van der Waals surface area contributed by atoms with Crippen LogP contribution in [-0.2, 0) is 25.8 Å². The molecule has 1 aliphatic heterocycles. The highest BCUT2D eigenvalue weighted by atomic mass is 32.1. The fourth-order valence-corrected chi connectivity index (χ4v) is 3.68. The van der Waals surface area contributed by atoms with E-state index < -0.39 is 17.6 Å². The highest BCUT2D eigenvalue weighted by Crippen LogP contribution is 2.33. The zero-order valence-corrected chi connectivity index (χ0v) is 12.7. The van der Waals surface area contributed by atoms with Crippen LogP contribution in [0.1, 0.15) is 31.2 Å². The lowest BCUT2D eigenvalue weighted by Gasteiger charge is -2.15. The molecule has 1 aliphatic rings.